The predicted octanol–water partition coefficient (Wildman–Crippen LogP) is -3.61. The van der Waals surface area contributed by atoms with Crippen LogP contribution < -0.4 is 32.6 Å². The van der Waals surface area contributed by atoms with E-state index in [1.807, 2.05) is 6.07 Å². The highest BCUT2D eigenvalue weighted by atomic mass is 14.9. The van der Waals surface area contributed by atoms with E-state index < -0.39 is 0 Å². The van der Waals surface area contributed by atoms with Gasteiger partial charge in [0.05, 0.1) is 0 Å². The summed E-state index contributed by atoms with van der Waals surface area (Å²) in [5, 5.41) is 3.63. The fraction of sp³-hybridized carbons (Fsp3) is 0. The van der Waals surface area contributed by atoms with Crippen LogP contribution in [-0.4, -0.2) is 39.2 Å². The molecule has 0 spiro atoms. The van der Waals surface area contributed by atoms with Gasteiger partial charge in [0.15, 0.2) is 0 Å². The molecule has 6 heteroatoms. The average molecular weight is 304 g/mol. The van der Waals surface area contributed by atoms with E-state index in [2.05, 4.69) is 93.1 Å². The van der Waals surface area contributed by atoms with Crippen molar-refractivity contribution in [2.75, 3.05) is 5.32 Å². The van der Waals surface area contributed by atoms with Crippen molar-refractivity contribution in [3.05, 3.63) is 54.6 Å². The van der Waals surface area contributed by atoms with Crippen LogP contribution >= 0.6 is 0 Å². The van der Waals surface area contributed by atoms with Crippen molar-refractivity contribution in [2.45, 2.75) is 0 Å². The number of anilines is 2. The van der Waals surface area contributed by atoms with Crippen LogP contribution in [0.4, 0.5) is 11.4 Å². The van der Waals surface area contributed by atoms with Gasteiger partial charge in [-0.2, -0.15) is 0 Å². The van der Waals surface area contributed by atoms with Gasteiger partial charge in [0.1, 0.15) is 39.2 Å². The molecule has 0 aliphatic rings. The van der Waals surface area contributed by atoms with E-state index in [1.165, 1.54) is 44.1 Å². The molecule has 0 unspecified atom stereocenters. The molecule has 0 aromatic heterocycles. The Hall–Kier alpha value is -2.22. The molecule has 0 fully saturated rings. The molecule has 0 radical (unpaired) electrons. The van der Waals surface area contributed by atoms with Crippen molar-refractivity contribution in [2.24, 2.45) is 0 Å². The van der Waals surface area contributed by atoms with Gasteiger partial charge in [-0.1, -0.05) is 64.3 Å². The van der Waals surface area contributed by atoms with Gasteiger partial charge in [-0.25, -0.2) is 0 Å². The van der Waals surface area contributed by atoms with Gasteiger partial charge >= 0.3 is 0 Å². The Labute approximate surface area is 149 Å². The fourth-order valence-electron chi connectivity index (χ4n) is 3.21. The molecule has 0 heterocycles. The first-order chi connectivity index (χ1) is 11.5. The van der Waals surface area contributed by atoms with E-state index in [9.17, 15) is 0 Å². The summed E-state index contributed by atoms with van der Waals surface area (Å²) in [5.74, 6) is 0. The summed E-state index contributed by atoms with van der Waals surface area (Å²) in [7, 11) is 11.0. The highest BCUT2D eigenvalue weighted by molar-refractivity contribution is 6.68. The molecule has 0 aliphatic heterocycles. The first-order valence-corrected chi connectivity index (χ1v) is 8.48. The smallest absolute Gasteiger partial charge is 0.141 e. The van der Waals surface area contributed by atoms with Gasteiger partial charge in [-0.3, -0.25) is 0 Å². The second-order valence-corrected chi connectivity index (χ2v) is 6.57. The maximum atomic E-state index is 3.63. The summed E-state index contributed by atoms with van der Waals surface area (Å²) < 4.78 is 0. The van der Waals surface area contributed by atoms with Crippen molar-refractivity contribution in [3.63, 3.8) is 0 Å². The highest BCUT2D eigenvalue weighted by Crippen LogP contribution is 2.22. The van der Waals surface area contributed by atoms with Crippen LogP contribution in [-0.2, 0) is 0 Å². The molecule has 3 aromatic carbocycles. The summed E-state index contributed by atoms with van der Waals surface area (Å²) >= 11 is 0. The highest BCUT2D eigenvalue weighted by Gasteiger charge is 2.11. The van der Waals surface area contributed by atoms with Crippen molar-refractivity contribution < 1.29 is 0 Å². The van der Waals surface area contributed by atoms with Gasteiger partial charge < -0.3 is 5.32 Å². The van der Waals surface area contributed by atoms with E-state index in [4.69, 9.17) is 0 Å². The van der Waals surface area contributed by atoms with Gasteiger partial charge in [-0.15, -0.1) is 5.46 Å². The monoisotopic (exact) mass is 305 g/mol. The van der Waals surface area contributed by atoms with Crippen LogP contribution in [0.3, 0.4) is 0 Å². The molecule has 0 bridgehead atoms. The lowest BCUT2D eigenvalue weighted by Gasteiger charge is -2.21. The average Bonchev–Trinajstić information content (AvgIpc) is 2.63. The number of hydrogen-bond donors (Lipinski definition) is 1. The lowest BCUT2D eigenvalue weighted by molar-refractivity contribution is 1.57. The van der Waals surface area contributed by atoms with Crippen LogP contribution in [0.2, 0.25) is 0 Å². The third kappa shape index (κ3) is 3.06. The molecular weight excluding hydrogens is 284 g/mol. The van der Waals surface area contributed by atoms with Crippen LogP contribution in [0.25, 0.3) is 11.1 Å². The van der Waals surface area contributed by atoms with E-state index in [0.717, 1.165) is 5.69 Å². The normalized spacial score (nSPS) is 10.5. The Balaban J connectivity index is 1.93. The third-order valence-electron chi connectivity index (χ3n) is 5.26. The minimum Gasteiger partial charge on any atom is -0.356 e. The van der Waals surface area contributed by atoms with Crippen LogP contribution in [0, 0.1) is 0 Å². The summed E-state index contributed by atoms with van der Waals surface area (Å²) in [6, 6.07) is 19.2. The molecule has 112 valence electrons. The van der Waals surface area contributed by atoms with Gasteiger partial charge in [0.25, 0.3) is 0 Å². The molecule has 1 nitrogen and oxygen atoms in total. The summed E-state index contributed by atoms with van der Waals surface area (Å²) in [6.07, 6.45) is 0. The molecule has 3 rings (SSSR count). The quantitative estimate of drug-likeness (QED) is 0.493. The minimum absolute atomic E-state index is 1.13. The fourth-order valence-corrected chi connectivity index (χ4v) is 3.21. The molecule has 0 aliphatic carbocycles. The number of benzene rings is 3. The van der Waals surface area contributed by atoms with E-state index in [1.54, 1.807) is 0 Å². The van der Waals surface area contributed by atoms with Crippen LogP contribution in [0.1, 0.15) is 0 Å². The Bertz CT molecular complexity index is 847. The zero-order valence-corrected chi connectivity index (χ0v) is 15.2. The van der Waals surface area contributed by atoms with Gasteiger partial charge in [0.2, 0.25) is 0 Å². The Morgan fingerprint density at radius 3 is 1.50 bits per heavy atom. The SMILES string of the molecule is Bc1c(B)c(B)c(Nc2ccc(-c3ccccc3)cc2)c(B)c1B. The first-order valence-electron chi connectivity index (χ1n) is 8.48. The van der Waals surface area contributed by atoms with Crippen molar-refractivity contribution in [1.29, 1.82) is 0 Å². The Morgan fingerprint density at radius 2 is 0.958 bits per heavy atom. The van der Waals surface area contributed by atoms with Gasteiger partial charge in [-0.05, 0) is 23.3 Å². The minimum atomic E-state index is 1.13. The summed E-state index contributed by atoms with van der Waals surface area (Å²) in [6.45, 7) is 0. The summed E-state index contributed by atoms with van der Waals surface area (Å²) in [4.78, 5) is 0. The number of hydrogen-bond acceptors (Lipinski definition) is 1. The molecule has 0 amide bonds. The van der Waals surface area contributed by atoms with Crippen molar-refractivity contribution in [3.8, 4) is 11.1 Å². The zero-order chi connectivity index (χ0) is 17.3. The second kappa shape index (κ2) is 6.72. The van der Waals surface area contributed by atoms with Crippen LogP contribution in [0.5, 0.6) is 0 Å². The van der Waals surface area contributed by atoms with Gasteiger partial charge in [0, 0.05) is 11.4 Å². The molecule has 1 N–H and O–H groups in total. The predicted molar refractivity (Wildman–Crippen MR) is 122 cm³/mol. The molecule has 0 saturated heterocycles. The largest absolute Gasteiger partial charge is 0.356 e. The van der Waals surface area contributed by atoms with E-state index in [-0.39, 0.29) is 0 Å². The number of nitrogens with one attached hydrogen (secondary N) is 1. The zero-order valence-electron chi connectivity index (χ0n) is 15.2. The standard InChI is InChI=1S/C18H20B5N/c19-13-14(20)16(22)18(17(23)15(13)21)24-12-8-6-11(7-9-12)10-4-2-1-3-5-10/h1-9,24H,19-23H2. The Morgan fingerprint density at radius 1 is 0.500 bits per heavy atom. The maximum absolute atomic E-state index is 3.63. The molecular formula is C18H20B5N. The Kier molecular flexibility index (Phi) is 4.66. The van der Waals surface area contributed by atoms with Crippen molar-refractivity contribution >= 4 is 77.9 Å². The number of rotatable bonds is 3. The lowest BCUT2D eigenvalue weighted by Crippen LogP contribution is -2.55. The molecule has 0 saturated carbocycles. The molecule has 0 atom stereocenters. The molecule has 24 heavy (non-hydrogen) atoms. The first kappa shape index (κ1) is 16.6. The third-order valence-corrected chi connectivity index (χ3v) is 5.26. The molecule has 3 aromatic rings. The summed E-state index contributed by atoms with van der Waals surface area (Å²) in [5.41, 5.74) is 11.7. The maximum Gasteiger partial charge on any atom is 0.141 e. The lowest BCUT2D eigenvalue weighted by atomic mass is 9.61. The van der Waals surface area contributed by atoms with E-state index >= 15 is 0 Å². The van der Waals surface area contributed by atoms with E-state index in [0.29, 0.717) is 0 Å². The topological polar surface area (TPSA) is 12.0 Å². The second-order valence-electron chi connectivity index (χ2n) is 6.57. The van der Waals surface area contributed by atoms with Crippen LogP contribution in [0.15, 0.2) is 54.6 Å². The van der Waals surface area contributed by atoms with Crippen molar-refractivity contribution in [1.82, 2.24) is 0 Å².